The van der Waals surface area contributed by atoms with Gasteiger partial charge in [0.15, 0.2) is 10.9 Å². The standard InChI is InChI=1S/C7H4ClN3O/c1-12-6-2-5(3-9)7(8)11-10-4-6/h4H,1H3. The first-order chi connectivity index (χ1) is 5.77. The summed E-state index contributed by atoms with van der Waals surface area (Å²) in [5.41, 5.74) is 2.72. The first kappa shape index (κ1) is 8.54. The van der Waals surface area contributed by atoms with E-state index in [1.807, 2.05) is 6.07 Å². The van der Waals surface area contributed by atoms with Crippen molar-refractivity contribution in [2.45, 2.75) is 0 Å². The van der Waals surface area contributed by atoms with Crippen molar-refractivity contribution >= 4 is 23.0 Å². The summed E-state index contributed by atoms with van der Waals surface area (Å²) < 4.78 is 4.80. The fourth-order valence-electron chi connectivity index (χ4n) is 0.567. The molecule has 0 spiro atoms. The minimum Gasteiger partial charge on any atom is -0.488 e. The molecule has 4 nitrogen and oxygen atoms in total. The number of ether oxygens (including phenoxy) is 1. The highest BCUT2D eigenvalue weighted by Crippen LogP contribution is 2.05. The number of hydrogen-bond acceptors (Lipinski definition) is 4. The van der Waals surface area contributed by atoms with Crippen LogP contribution in [0.25, 0.3) is 0 Å². The first-order valence-corrected chi connectivity index (χ1v) is 3.37. The molecule has 0 saturated carbocycles. The number of allylic oxidation sites excluding steroid dienone is 1. The van der Waals surface area contributed by atoms with Gasteiger partial charge in [0.05, 0.1) is 13.3 Å². The molecular formula is C7H4ClN3O. The Hall–Kier alpha value is -1.56. The monoisotopic (exact) mass is 181 g/mol. The zero-order chi connectivity index (χ0) is 8.97. The van der Waals surface area contributed by atoms with Crippen LogP contribution in [-0.4, -0.2) is 18.5 Å². The molecule has 0 N–H and O–H groups in total. The van der Waals surface area contributed by atoms with E-state index in [4.69, 9.17) is 21.6 Å². The molecule has 1 aliphatic rings. The molecule has 60 valence electrons. The molecule has 0 amide bonds. The predicted molar refractivity (Wildman–Crippen MR) is 44.9 cm³/mol. The first-order valence-electron chi connectivity index (χ1n) is 3.00. The second-order valence-electron chi connectivity index (χ2n) is 1.82. The van der Waals surface area contributed by atoms with Gasteiger partial charge in [0.2, 0.25) is 0 Å². The average molecular weight is 182 g/mol. The molecule has 0 unspecified atom stereocenters. The number of rotatable bonds is 1. The fraction of sp³-hybridized carbons (Fsp3) is 0.143. The Morgan fingerprint density at radius 1 is 1.75 bits per heavy atom. The van der Waals surface area contributed by atoms with Crippen LogP contribution in [0.2, 0.25) is 0 Å². The van der Waals surface area contributed by atoms with Crippen molar-refractivity contribution < 1.29 is 4.74 Å². The van der Waals surface area contributed by atoms with E-state index in [1.54, 1.807) is 0 Å². The zero-order valence-electron chi connectivity index (χ0n) is 6.21. The lowest BCUT2D eigenvalue weighted by atomic mass is 10.3. The Morgan fingerprint density at radius 3 is 3.08 bits per heavy atom. The Bertz CT molecular complexity index is 355. The van der Waals surface area contributed by atoms with Crippen LogP contribution in [-0.2, 0) is 4.74 Å². The van der Waals surface area contributed by atoms with Gasteiger partial charge in [-0.3, -0.25) is 0 Å². The molecule has 0 atom stereocenters. The van der Waals surface area contributed by atoms with Crippen LogP contribution in [0.15, 0.2) is 27.3 Å². The molecule has 1 aliphatic heterocycles. The normalized spacial score (nSPS) is 15.2. The smallest absolute Gasteiger partial charge is 0.183 e. The van der Waals surface area contributed by atoms with Gasteiger partial charge < -0.3 is 4.74 Å². The molecule has 1 rings (SSSR count). The van der Waals surface area contributed by atoms with Gasteiger partial charge >= 0.3 is 0 Å². The Labute approximate surface area is 74.1 Å². The topological polar surface area (TPSA) is 57.7 Å². The van der Waals surface area contributed by atoms with Crippen LogP contribution >= 0.6 is 11.6 Å². The van der Waals surface area contributed by atoms with E-state index in [2.05, 4.69) is 15.9 Å². The summed E-state index contributed by atoms with van der Waals surface area (Å²) in [5, 5.41) is 15.6. The summed E-state index contributed by atoms with van der Waals surface area (Å²) >= 11 is 5.55. The van der Waals surface area contributed by atoms with Gasteiger partial charge in [-0.25, -0.2) is 0 Å². The maximum absolute atomic E-state index is 8.56. The molecule has 0 fully saturated rings. The van der Waals surface area contributed by atoms with Gasteiger partial charge in [0, 0.05) is 0 Å². The lowest BCUT2D eigenvalue weighted by Crippen LogP contribution is -1.88. The maximum Gasteiger partial charge on any atom is 0.183 e. The van der Waals surface area contributed by atoms with Crippen molar-refractivity contribution in [3.63, 3.8) is 0 Å². The largest absolute Gasteiger partial charge is 0.488 e. The highest BCUT2D eigenvalue weighted by Gasteiger charge is 2.05. The summed E-state index contributed by atoms with van der Waals surface area (Å²) in [6.45, 7) is 0. The Kier molecular flexibility index (Phi) is 2.65. The van der Waals surface area contributed by atoms with Gasteiger partial charge in [-0.2, -0.15) is 10.4 Å². The highest BCUT2D eigenvalue weighted by atomic mass is 35.5. The van der Waals surface area contributed by atoms with Gasteiger partial charge in [-0.05, 0) is 0 Å². The van der Waals surface area contributed by atoms with Crippen LogP contribution in [0.4, 0.5) is 0 Å². The SMILES string of the molecule is COC1=C=C(C#N)C(Cl)=NN=C1. The van der Waals surface area contributed by atoms with Gasteiger partial charge in [0.25, 0.3) is 0 Å². The van der Waals surface area contributed by atoms with Crippen LogP contribution < -0.4 is 0 Å². The van der Waals surface area contributed by atoms with Crippen LogP contribution in [0.5, 0.6) is 0 Å². The van der Waals surface area contributed by atoms with Crippen molar-refractivity contribution in [2.75, 3.05) is 7.11 Å². The van der Waals surface area contributed by atoms with E-state index in [0.717, 1.165) is 0 Å². The number of halogens is 1. The molecule has 12 heavy (non-hydrogen) atoms. The predicted octanol–water partition coefficient (Wildman–Crippen LogP) is 1.20. The Morgan fingerprint density at radius 2 is 2.50 bits per heavy atom. The van der Waals surface area contributed by atoms with Crippen LogP contribution in [0.1, 0.15) is 0 Å². The van der Waals surface area contributed by atoms with Crippen LogP contribution in [0.3, 0.4) is 0 Å². The summed E-state index contributed by atoms with van der Waals surface area (Å²) in [6.07, 6.45) is 1.33. The second-order valence-corrected chi connectivity index (χ2v) is 2.17. The molecule has 0 radical (unpaired) electrons. The minimum absolute atomic E-state index is 0.0146. The van der Waals surface area contributed by atoms with E-state index < -0.39 is 0 Å². The van der Waals surface area contributed by atoms with E-state index >= 15 is 0 Å². The summed E-state index contributed by atoms with van der Waals surface area (Å²) in [6, 6.07) is 1.82. The quantitative estimate of drug-likeness (QED) is 0.571. The van der Waals surface area contributed by atoms with E-state index in [9.17, 15) is 0 Å². The highest BCUT2D eigenvalue weighted by molar-refractivity contribution is 6.70. The van der Waals surface area contributed by atoms with Gasteiger partial charge in [0.1, 0.15) is 11.6 Å². The van der Waals surface area contributed by atoms with Crippen molar-refractivity contribution in [3.8, 4) is 6.07 Å². The molecule has 0 aliphatic carbocycles. The summed E-state index contributed by atoms with van der Waals surface area (Å²) in [4.78, 5) is 0. The van der Waals surface area contributed by atoms with Crippen molar-refractivity contribution in [1.29, 1.82) is 5.26 Å². The molecule has 1 heterocycles. The third-order valence-corrected chi connectivity index (χ3v) is 1.37. The number of methoxy groups -OCH3 is 1. The second kappa shape index (κ2) is 3.72. The van der Waals surface area contributed by atoms with Crippen molar-refractivity contribution in [3.05, 3.63) is 17.1 Å². The lowest BCUT2D eigenvalue weighted by Gasteiger charge is -1.90. The molecular weight excluding hydrogens is 178 g/mol. The molecule has 0 aromatic rings. The summed E-state index contributed by atoms with van der Waals surface area (Å²) in [5.74, 6) is 0.325. The zero-order valence-corrected chi connectivity index (χ0v) is 6.96. The number of nitriles is 1. The maximum atomic E-state index is 8.56. The lowest BCUT2D eigenvalue weighted by molar-refractivity contribution is 0.318. The van der Waals surface area contributed by atoms with Crippen LogP contribution in [0, 0.1) is 11.3 Å². The molecule has 0 aromatic carbocycles. The third kappa shape index (κ3) is 1.73. The van der Waals surface area contributed by atoms with Crippen molar-refractivity contribution in [2.24, 2.45) is 10.2 Å². The molecule has 5 heteroatoms. The number of nitrogens with zero attached hydrogens (tertiary/aromatic N) is 3. The molecule has 0 bridgehead atoms. The third-order valence-electron chi connectivity index (χ3n) is 1.11. The van der Waals surface area contributed by atoms with Gasteiger partial charge in [-0.1, -0.05) is 17.3 Å². The van der Waals surface area contributed by atoms with E-state index in [-0.39, 0.29) is 10.7 Å². The molecule has 0 saturated heterocycles. The molecule has 0 aromatic heterocycles. The number of hydrogen-bond donors (Lipinski definition) is 0. The summed E-state index contributed by atoms with van der Waals surface area (Å²) in [7, 11) is 1.45. The minimum atomic E-state index is 0.0146. The van der Waals surface area contributed by atoms with E-state index in [0.29, 0.717) is 5.76 Å². The average Bonchev–Trinajstić information content (AvgIpc) is 2.27. The van der Waals surface area contributed by atoms with E-state index in [1.165, 1.54) is 13.3 Å². The van der Waals surface area contributed by atoms with Gasteiger partial charge in [-0.15, -0.1) is 5.10 Å². The van der Waals surface area contributed by atoms with Crippen molar-refractivity contribution in [1.82, 2.24) is 0 Å². The fourth-order valence-corrected chi connectivity index (χ4v) is 0.700. The Balaban J connectivity index is 3.22.